The summed E-state index contributed by atoms with van der Waals surface area (Å²) >= 11 is 1.37. The molecule has 5 nitrogen and oxygen atoms in total. The van der Waals surface area contributed by atoms with Gasteiger partial charge >= 0.3 is 0 Å². The smallest absolute Gasteiger partial charge is 0.262 e. The summed E-state index contributed by atoms with van der Waals surface area (Å²) in [6.45, 7) is 7.33. The van der Waals surface area contributed by atoms with Crippen molar-refractivity contribution in [1.82, 2.24) is 9.55 Å². The second kappa shape index (κ2) is 8.03. The lowest BCUT2D eigenvalue weighted by Crippen LogP contribution is -2.36. The van der Waals surface area contributed by atoms with Gasteiger partial charge in [-0.25, -0.2) is 4.98 Å². The van der Waals surface area contributed by atoms with Crippen LogP contribution in [0.5, 0.6) is 0 Å². The maximum absolute atomic E-state index is 13.2. The first kappa shape index (κ1) is 19.7. The molecule has 29 heavy (non-hydrogen) atoms. The van der Waals surface area contributed by atoms with Gasteiger partial charge < -0.3 is 4.90 Å². The van der Waals surface area contributed by atoms with Gasteiger partial charge in [-0.3, -0.25) is 14.2 Å². The summed E-state index contributed by atoms with van der Waals surface area (Å²) in [4.78, 5) is 32.9. The quantitative estimate of drug-likeness (QED) is 0.472. The molecule has 4 rings (SSSR count). The van der Waals surface area contributed by atoms with E-state index in [0.29, 0.717) is 35.1 Å². The number of benzene rings is 2. The van der Waals surface area contributed by atoms with Crippen molar-refractivity contribution < 1.29 is 4.79 Å². The second-order valence-corrected chi connectivity index (χ2v) is 9.16. The molecule has 0 saturated carbocycles. The van der Waals surface area contributed by atoms with Crippen molar-refractivity contribution in [1.29, 1.82) is 0 Å². The Morgan fingerprint density at radius 3 is 2.62 bits per heavy atom. The molecule has 0 fully saturated rings. The highest BCUT2D eigenvalue weighted by Crippen LogP contribution is 2.31. The van der Waals surface area contributed by atoms with E-state index in [4.69, 9.17) is 4.98 Å². The van der Waals surface area contributed by atoms with E-state index >= 15 is 0 Å². The van der Waals surface area contributed by atoms with Crippen LogP contribution in [0.25, 0.3) is 10.9 Å². The Kier molecular flexibility index (Phi) is 5.46. The summed E-state index contributed by atoms with van der Waals surface area (Å²) in [5.74, 6) is 0.352. The molecule has 0 aliphatic carbocycles. The van der Waals surface area contributed by atoms with Gasteiger partial charge in [0.05, 0.1) is 16.2 Å². The first-order valence-corrected chi connectivity index (χ1v) is 10.9. The third-order valence-electron chi connectivity index (χ3n) is 5.16. The Morgan fingerprint density at radius 2 is 1.83 bits per heavy atom. The summed E-state index contributed by atoms with van der Waals surface area (Å²) in [5.41, 5.74) is 2.83. The van der Waals surface area contributed by atoms with Crippen LogP contribution in [0.2, 0.25) is 0 Å². The normalized spacial score (nSPS) is 14.4. The van der Waals surface area contributed by atoms with Gasteiger partial charge in [0.25, 0.3) is 5.56 Å². The Bertz CT molecular complexity index is 1120. The molecular formula is C23H25N3O2S. The fraction of sp³-hybridized carbons (Fsp3) is 0.348. The van der Waals surface area contributed by atoms with Crippen molar-refractivity contribution >= 4 is 34.3 Å². The molecule has 3 aromatic rings. The first-order chi connectivity index (χ1) is 14.0. The lowest BCUT2D eigenvalue weighted by atomic mass is 10.2. The largest absolute Gasteiger partial charge is 0.311 e. The average molecular weight is 408 g/mol. The van der Waals surface area contributed by atoms with Gasteiger partial charge in [0.1, 0.15) is 0 Å². The van der Waals surface area contributed by atoms with Gasteiger partial charge in [0.15, 0.2) is 5.16 Å². The SMILES string of the molecule is CC(C)Cn1c(S[C@@H](C)C(=O)N2CCc3ccccc32)nc2ccccc2c1=O. The molecule has 1 aliphatic heterocycles. The standard InChI is InChI=1S/C23H25N3O2S/c1-15(2)14-26-22(28)18-9-5-6-10-19(18)24-23(26)29-16(3)21(27)25-13-12-17-8-4-7-11-20(17)25/h4-11,15-16H,12-14H2,1-3H3/t16-/m0/s1. The fourth-order valence-corrected chi connectivity index (χ4v) is 4.74. The van der Waals surface area contributed by atoms with Gasteiger partial charge in [-0.2, -0.15) is 0 Å². The van der Waals surface area contributed by atoms with Crippen molar-refractivity contribution in [2.75, 3.05) is 11.4 Å². The van der Waals surface area contributed by atoms with E-state index in [9.17, 15) is 9.59 Å². The minimum Gasteiger partial charge on any atom is -0.311 e. The van der Waals surface area contributed by atoms with E-state index in [2.05, 4.69) is 19.9 Å². The molecule has 0 unspecified atom stereocenters. The number of thioether (sulfide) groups is 1. The van der Waals surface area contributed by atoms with Crippen LogP contribution >= 0.6 is 11.8 Å². The number of hydrogen-bond acceptors (Lipinski definition) is 4. The number of fused-ring (bicyclic) bond motifs is 2. The maximum Gasteiger partial charge on any atom is 0.262 e. The number of amides is 1. The third kappa shape index (κ3) is 3.81. The molecule has 1 aromatic heterocycles. The minimum atomic E-state index is -0.340. The summed E-state index contributed by atoms with van der Waals surface area (Å²) in [5, 5.41) is 0.883. The molecule has 1 amide bonds. The average Bonchev–Trinajstić information content (AvgIpc) is 3.14. The Hall–Kier alpha value is -2.60. The zero-order valence-electron chi connectivity index (χ0n) is 17.0. The number of carbonyl (C=O) groups is 1. The van der Waals surface area contributed by atoms with Crippen molar-refractivity contribution in [2.24, 2.45) is 5.92 Å². The minimum absolute atomic E-state index is 0.0435. The number of rotatable bonds is 5. The highest BCUT2D eigenvalue weighted by Gasteiger charge is 2.29. The molecule has 2 heterocycles. The Balaban J connectivity index is 1.66. The highest BCUT2D eigenvalue weighted by molar-refractivity contribution is 8.00. The zero-order chi connectivity index (χ0) is 20.5. The maximum atomic E-state index is 13.2. The molecule has 0 radical (unpaired) electrons. The molecule has 0 spiro atoms. The molecule has 2 aromatic carbocycles. The molecule has 0 N–H and O–H groups in total. The molecule has 150 valence electrons. The van der Waals surface area contributed by atoms with Gasteiger partial charge in [-0.05, 0) is 43.0 Å². The number of hydrogen-bond donors (Lipinski definition) is 0. The lowest BCUT2D eigenvalue weighted by molar-refractivity contribution is -0.117. The van der Waals surface area contributed by atoms with E-state index in [1.807, 2.05) is 54.3 Å². The van der Waals surface area contributed by atoms with E-state index in [-0.39, 0.29) is 16.7 Å². The Morgan fingerprint density at radius 1 is 1.10 bits per heavy atom. The lowest BCUT2D eigenvalue weighted by Gasteiger charge is -2.22. The van der Waals surface area contributed by atoms with Crippen LogP contribution in [-0.4, -0.2) is 27.3 Å². The highest BCUT2D eigenvalue weighted by atomic mass is 32.2. The van der Waals surface area contributed by atoms with Crippen molar-refractivity contribution in [2.45, 2.75) is 44.1 Å². The second-order valence-electron chi connectivity index (χ2n) is 7.85. The summed E-state index contributed by atoms with van der Waals surface area (Å²) < 4.78 is 1.72. The first-order valence-electron chi connectivity index (χ1n) is 10.0. The van der Waals surface area contributed by atoms with Crippen LogP contribution in [0.4, 0.5) is 5.69 Å². The predicted octanol–water partition coefficient (Wildman–Crippen LogP) is 4.12. The van der Waals surface area contributed by atoms with E-state index in [1.165, 1.54) is 17.3 Å². The van der Waals surface area contributed by atoms with Crippen molar-refractivity contribution in [3.8, 4) is 0 Å². The van der Waals surface area contributed by atoms with Crippen LogP contribution in [0, 0.1) is 5.92 Å². The summed E-state index contributed by atoms with van der Waals surface area (Å²) in [6.07, 6.45) is 0.881. The van der Waals surface area contributed by atoms with Gasteiger partial charge in [0.2, 0.25) is 5.91 Å². The number of para-hydroxylation sites is 2. The number of anilines is 1. The zero-order valence-corrected chi connectivity index (χ0v) is 17.8. The van der Waals surface area contributed by atoms with Gasteiger partial charge in [-0.1, -0.05) is 55.9 Å². The molecule has 0 bridgehead atoms. The van der Waals surface area contributed by atoms with Crippen LogP contribution < -0.4 is 10.5 Å². The molecule has 1 aliphatic rings. The van der Waals surface area contributed by atoms with Crippen LogP contribution in [0.3, 0.4) is 0 Å². The molecule has 1 atom stereocenters. The molecular weight excluding hydrogens is 382 g/mol. The van der Waals surface area contributed by atoms with Crippen LogP contribution in [-0.2, 0) is 17.8 Å². The van der Waals surface area contributed by atoms with Crippen LogP contribution in [0.1, 0.15) is 26.3 Å². The molecule has 6 heteroatoms. The van der Waals surface area contributed by atoms with Crippen molar-refractivity contribution in [3.05, 3.63) is 64.4 Å². The Labute approximate surface area is 174 Å². The van der Waals surface area contributed by atoms with E-state index < -0.39 is 0 Å². The number of aromatic nitrogens is 2. The predicted molar refractivity (Wildman–Crippen MR) is 119 cm³/mol. The van der Waals surface area contributed by atoms with Gasteiger partial charge in [0, 0.05) is 18.8 Å². The number of carbonyl (C=O) groups excluding carboxylic acids is 1. The fourth-order valence-electron chi connectivity index (χ4n) is 3.76. The number of nitrogens with zero attached hydrogens (tertiary/aromatic N) is 3. The summed E-state index contributed by atoms with van der Waals surface area (Å²) in [6, 6.07) is 15.4. The topological polar surface area (TPSA) is 55.2 Å². The summed E-state index contributed by atoms with van der Waals surface area (Å²) in [7, 11) is 0. The van der Waals surface area contributed by atoms with E-state index in [1.54, 1.807) is 4.57 Å². The molecule has 0 saturated heterocycles. The third-order valence-corrected chi connectivity index (χ3v) is 6.24. The van der Waals surface area contributed by atoms with Gasteiger partial charge in [-0.15, -0.1) is 0 Å². The van der Waals surface area contributed by atoms with Crippen LogP contribution in [0.15, 0.2) is 58.5 Å². The van der Waals surface area contributed by atoms with Crippen molar-refractivity contribution in [3.63, 3.8) is 0 Å². The van der Waals surface area contributed by atoms with E-state index in [0.717, 1.165) is 12.1 Å². The monoisotopic (exact) mass is 407 g/mol.